The van der Waals surface area contributed by atoms with Gasteiger partial charge in [-0.2, -0.15) is 5.26 Å². The zero-order valence-electron chi connectivity index (χ0n) is 9.98. The number of hydrogen-bond acceptors (Lipinski definition) is 3. The van der Waals surface area contributed by atoms with E-state index in [0.29, 0.717) is 15.7 Å². The molecule has 1 fully saturated rings. The van der Waals surface area contributed by atoms with E-state index in [2.05, 4.69) is 15.9 Å². The fourth-order valence-electron chi connectivity index (χ4n) is 1.94. The first-order valence-electron chi connectivity index (χ1n) is 5.55. The Morgan fingerprint density at radius 2 is 1.78 bits per heavy atom. The number of halogens is 1. The van der Waals surface area contributed by atoms with Crippen molar-refractivity contribution in [2.75, 3.05) is 4.90 Å². The van der Waals surface area contributed by atoms with Gasteiger partial charge in [0.1, 0.15) is 0 Å². The van der Waals surface area contributed by atoms with Crippen LogP contribution in [0.1, 0.15) is 19.4 Å². The highest BCUT2D eigenvalue weighted by atomic mass is 79.9. The topological polar surface area (TPSA) is 61.2 Å². The molecule has 2 amide bonds. The molecule has 18 heavy (non-hydrogen) atoms. The summed E-state index contributed by atoms with van der Waals surface area (Å²) in [4.78, 5) is 25.3. The molecule has 0 saturated carbocycles. The Morgan fingerprint density at radius 3 is 2.22 bits per heavy atom. The number of carbonyl (C=O) groups is 2. The quantitative estimate of drug-likeness (QED) is 0.749. The first-order valence-corrected chi connectivity index (χ1v) is 6.34. The van der Waals surface area contributed by atoms with Gasteiger partial charge in [-0.25, -0.2) is 4.90 Å². The van der Waals surface area contributed by atoms with Gasteiger partial charge in [-0.05, 0) is 34.1 Å². The second-order valence-corrected chi connectivity index (χ2v) is 5.22. The van der Waals surface area contributed by atoms with Crippen molar-refractivity contribution in [3.63, 3.8) is 0 Å². The van der Waals surface area contributed by atoms with Crippen molar-refractivity contribution in [3.05, 3.63) is 28.2 Å². The summed E-state index contributed by atoms with van der Waals surface area (Å²) in [7, 11) is 0. The van der Waals surface area contributed by atoms with Crippen LogP contribution in [0.2, 0.25) is 0 Å². The minimum absolute atomic E-state index is 0.196. The predicted molar refractivity (Wildman–Crippen MR) is 69.7 cm³/mol. The van der Waals surface area contributed by atoms with Crippen LogP contribution >= 0.6 is 15.9 Å². The number of nitriles is 1. The molecule has 0 radical (unpaired) electrons. The van der Waals surface area contributed by atoms with E-state index in [1.54, 1.807) is 32.0 Å². The highest BCUT2D eigenvalue weighted by Crippen LogP contribution is 2.35. The molecule has 0 aliphatic carbocycles. The first-order chi connectivity index (χ1) is 8.47. The molecule has 4 nitrogen and oxygen atoms in total. The summed E-state index contributed by atoms with van der Waals surface area (Å²) >= 11 is 3.30. The maximum absolute atomic E-state index is 12.1. The van der Waals surface area contributed by atoms with Crippen LogP contribution in [0.3, 0.4) is 0 Å². The van der Waals surface area contributed by atoms with Gasteiger partial charge < -0.3 is 0 Å². The average Bonchev–Trinajstić information content (AvgIpc) is 2.55. The number of carbonyl (C=O) groups excluding carboxylic acids is 2. The van der Waals surface area contributed by atoms with Crippen LogP contribution in [0.15, 0.2) is 22.7 Å². The van der Waals surface area contributed by atoms with Crippen molar-refractivity contribution in [2.45, 2.75) is 13.8 Å². The van der Waals surface area contributed by atoms with Crippen LogP contribution in [0.25, 0.3) is 0 Å². The lowest BCUT2D eigenvalue weighted by Gasteiger charge is -2.16. The second kappa shape index (κ2) is 4.54. The third kappa shape index (κ3) is 1.83. The van der Waals surface area contributed by atoms with Crippen molar-refractivity contribution in [2.24, 2.45) is 11.8 Å². The third-order valence-corrected chi connectivity index (χ3v) is 3.92. The Balaban J connectivity index is 2.47. The Bertz CT molecular complexity index is 557. The molecular weight excluding hydrogens is 296 g/mol. The van der Waals surface area contributed by atoms with Gasteiger partial charge in [0, 0.05) is 16.3 Å². The summed E-state index contributed by atoms with van der Waals surface area (Å²) in [6, 6.07) is 6.81. The number of amides is 2. The molecule has 1 aliphatic rings. The maximum atomic E-state index is 12.1. The molecule has 1 saturated heterocycles. The summed E-state index contributed by atoms with van der Waals surface area (Å²) in [5.41, 5.74) is 0.978. The van der Waals surface area contributed by atoms with Gasteiger partial charge in [-0.15, -0.1) is 0 Å². The Labute approximate surface area is 113 Å². The maximum Gasteiger partial charge on any atom is 0.237 e. The number of benzene rings is 1. The predicted octanol–water partition coefficient (Wildman–Crippen LogP) is 2.47. The van der Waals surface area contributed by atoms with Crippen LogP contribution in [0.4, 0.5) is 5.69 Å². The molecule has 5 heteroatoms. The number of nitrogens with zero attached hydrogens (tertiary/aromatic N) is 2. The lowest BCUT2D eigenvalue weighted by molar-refractivity contribution is -0.122. The molecule has 1 aliphatic heterocycles. The van der Waals surface area contributed by atoms with Gasteiger partial charge in [-0.1, -0.05) is 13.8 Å². The lowest BCUT2D eigenvalue weighted by atomic mass is 10.00. The van der Waals surface area contributed by atoms with Gasteiger partial charge in [0.15, 0.2) is 0 Å². The first kappa shape index (κ1) is 12.8. The zero-order chi connectivity index (χ0) is 13.4. The summed E-state index contributed by atoms with van der Waals surface area (Å²) in [6.45, 7) is 3.50. The molecule has 0 aromatic heterocycles. The lowest BCUT2D eigenvalue weighted by Crippen LogP contribution is -2.30. The second-order valence-electron chi connectivity index (χ2n) is 4.37. The molecule has 0 N–H and O–H groups in total. The summed E-state index contributed by atoms with van der Waals surface area (Å²) in [5.74, 6) is -1.00. The highest BCUT2D eigenvalue weighted by molar-refractivity contribution is 9.10. The minimum Gasteiger partial charge on any atom is -0.274 e. The highest BCUT2D eigenvalue weighted by Gasteiger charge is 2.43. The number of hydrogen-bond donors (Lipinski definition) is 0. The van der Waals surface area contributed by atoms with Crippen LogP contribution < -0.4 is 4.90 Å². The smallest absolute Gasteiger partial charge is 0.237 e. The van der Waals surface area contributed by atoms with Gasteiger partial charge in [0.25, 0.3) is 0 Å². The largest absolute Gasteiger partial charge is 0.274 e. The van der Waals surface area contributed by atoms with E-state index in [0.717, 1.165) is 0 Å². The van der Waals surface area contributed by atoms with Gasteiger partial charge >= 0.3 is 0 Å². The standard InChI is InChI=1S/C13H11BrN2O2/c1-7-8(2)13(18)16(12(7)17)11-4-3-9(6-15)5-10(11)14/h3-5,7-8H,1-2H3. The van der Waals surface area contributed by atoms with Crippen LogP contribution in [-0.4, -0.2) is 11.8 Å². The average molecular weight is 307 g/mol. The number of anilines is 1. The van der Waals surface area contributed by atoms with E-state index in [1.165, 1.54) is 4.90 Å². The van der Waals surface area contributed by atoms with Crippen LogP contribution in [-0.2, 0) is 9.59 Å². The SMILES string of the molecule is CC1C(=O)N(c2ccc(C#N)cc2Br)C(=O)C1C. The Hall–Kier alpha value is -1.67. The molecule has 2 atom stereocenters. The van der Waals surface area contributed by atoms with Crippen molar-refractivity contribution in [3.8, 4) is 6.07 Å². The van der Waals surface area contributed by atoms with E-state index in [9.17, 15) is 9.59 Å². The van der Waals surface area contributed by atoms with Gasteiger partial charge in [0.05, 0.1) is 17.3 Å². The molecular formula is C13H11BrN2O2. The molecule has 0 spiro atoms. The fraction of sp³-hybridized carbons (Fsp3) is 0.308. The molecule has 1 aromatic carbocycles. The Kier molecular flexibility index (Phi) is 3.22. The van der Waals surface area contributed by atoms with Gasteiger partial charge in [0.2, 0.25) is 11.8 Å². The molecule has 92 valence electrons. The van der Waals surface area contributed by atoms with Crippen molar-refractivity contribution >= 4 is 33.4 Å². The van der Waals surface area contributed by atoms with E-state index < -0.39 is 0 Å². The molecule has 2 unspecified atom stereocenters. The van der Waals surface area contributed by atoms with E-state index in [1.807, 2.05) is 6.07 Å². The van der Waals surface area contributed by atoms with E-state index >= 15 is 0 Å². The molecule has 0 bridgehead atoms. The Morgan fingerprint density at radius 1 is 1.22 bits per heavy atom. The van der Waals surface area contributed by atoms with E-state index in [4.69, 9.17) is 5.26 Å². The van der Waals surface area contributed by atoms with Crippen LogP contribution in [0.5, 0.6) is 0 Å². The summed E-state index contributed by atoms with van der Waals surface area (Å²) in [5, 5.41) is 8.79. The van der Waals surface area contributed by atoms with Gasteiger partial charge in [-0.3, -0.25) is 9.59 Å². The monoisotopic (exact) mass is 306 g/mol. The molecule has 1 heterocycles. The third-order valence-electron chi connectivity index (χ3n) is 3.29. The molecule has 2 rings (SSSR count). The normalized spacial score (nSPS) is 23.3. The number of rotatable bonds is 1. The fourth-order valence-corrected chi connectivity index (χ4v) is 2.49. The van der Waals surface area contributed by atoms with Crippen molar-refractivity contribution in [1.82, 2.24) is 0 Å². The van der Waals surface area contributed by atoms with E-state index in [-0.39, 0.29) is 23.7 Å². The minimum atomic E-state index is -0.306. The van der Waals surface area contributed by atoms with Crippen molar-refractivity contribution in [1.29, 1.82) is 5.26 Å². The molecule has 1 aromatic rings. The van der Waals surface area contributed by atoms with Crippen molar-refractivity contribution < 1.29 is 9.59 Å². The number of imide groups is 1. The zero-order valence-corrected chi connectivity index (χ0v) is 11.6. The summed E-state index contributed by atoms with van der Waals surface area (Å²) in [6.07, 6.45) is 0. The van der Waals surface area contributed by atoms with Crippen LogP contribution in [0, 0.1) is 23.2 Å². The summed E-state index contributed by atoms with van der Waals surface area (Å²) < 4.78 is 0.574.